The molecule has 0 saturated heterocycles. The van der Waals surface area contributed by atoms with Crippen molar-refractivity contribution in [2.45, 2.75) is 6.42 Å². The van der Waals surface area contributed by atoms with E-state index in [0.29, 0.717) is 0 Å². The maximum absolute atomic E-state index is 5.59. The van der Waals surface area contributed by atoms with Crippen LogP contribution in [-0.4, -0.2) is 9.97 Å². The molecule has 0 spiro atoms. The molecule has 1 radical (unpaired) electrons. The summed E-state index contributed by atoms with van der Waals surface area (Å²) in [5.41, 5.74) is 8.34. The van der Waals surface area contributed by atoms with Gasteiger partial charge in [-0.1, -0.05) is 12.1 Å². The molecular formula is C11H12N3. The number of nitrogens with zero attached hydrogens (tertiary/aromatic N) is 1. The first kappa shape index (κ1) is 8.81. The smallest absolute Gasteiger partial charge is 0.110 e. The van der Waals surface area contributed by atoms with Crippen LogP contribution in [0.5, 0.6) is 0 Å². The van der Waals surface area contributed by atoms with Crippen molar-refractivity contribution < 1.29 is 0 Å². The van der Waals surface area contributed by atoms with Crippen molar-refractivity contribution in [2.24, 2.45) is 0 Å². The molecule has 2 aromatic rings. The van der Waals surface area contributed by atoms with Crippen molar-refractivity contribution in [3.63, 3.8) is 0 Å². The van der Waals surface area contributed by atoms with Crippen LogP contribution in [0.4, 0.5) is 5.69 Å². The van der Waals surface area contributed by atoms with Crippen LogP contribution < -0.4 is 5.73 Å². The molecule has 14 heavy (non-hydrogen) atoms. The second-order valence-corrected chi connectivity index (χ2v) is 3.26. The molecule has 0 fully saturated rings. The molecule has 3 nitrogen and oxygen atoms in total. The summed E-state index contributed by atoms with van der Waals surface area (Å²) in [4.78, 5) is 7.29. The highest BCUT2D eigenvalue weighted by Crippen LogP contribution is 2.09. The number of aromatic nitrogens is 2. The van der Waals surface area contributed by atoms with Gasteiger partial charge in [0.05, 0.1) is 5.69 Å². The highest BCUT2D eigenvalue weighted by Gasteiger charge is 1.99. The summed E-state index contributed by atoms with van der Waals surface area (Å²) in [5.74, 6) is 0.930. The lowest BCUT2D eigenvalue weighted by atomic mass is 10.1. The van der Waals surface area contributed by atoms with Crippen LogP contribution in [0.3, 0.4) is 0 Å². The molecule has 1 aromatic carbocycles. The van der Waals surface area contributed by atoms with Gasteiger partial charge in [0.25, 0.3) is 0 Å². The number of anilines is 1. The molecule has 3 heteroatoms. The van der Waals surface area contributed by atoms with Crippen molar-refractivity contribution in [3.05, 3.63) is 54.5 Å². The van der Waals surface area contributed by atoms with Crippen LogP contribution in [0, 0.1) is 6.92 Å². The fourth-order valence-corrected chi connectivity index (χ4v) is 1.32. The van der Waals surface area contributed by atoms with Gasteiger partial charge in [-0.2, -0.15) is 0 Å². The van der Waals surface area contributed by atoms with E-state index in [1.807, 2.05) is 24.3 Å². The minimum Gasteiger partial charge on any atom is -0.399 e. The van der Waals surface area contributed by atoms with Gasteiger partial charge in [0.15, 0.2) is 0 Å². The van der Waals surface area contributed by atoms with E-state index in [1.54, 1.807) is 6.20 Å². The SMILES string of the molecule is [CH2]c1c[nH]c(Cc2ccc(N)cc2)n1. The van der Waals surface area contributed by atoms with Gasteiger partial charge >= 0.3 is 0 Å². The number of nitrogen functional groups attached to an aromatic ring is 1. The molecule has 2 rings (SSSR count). The highest BCUT2D eigenvalue weighted by molar-refractivity contribution is 5.39. The number of rotatable bonds is 2. The van der Waals surface area contributed by atoms with Gasteiger partial charge in [0, 0.05) is 18.3 Å². The van der Waals surface area contributed by atoms with E-state index >= 15 is 0 Å². The summed E-state index contributed by atoms with van der Waals surface area (Å²) in [5, 5.41) is 0. The number of H-pyrrole nitrogens is 1. The van der Waals surface area contributed by atoms with Crippen molar-refractivity contribution in [1.82, 2.24) is 9.97 Å². The topological polar surface area (TPSA) is 54.7 Å². The number of imidazole rings is 1. The number of hydrogen-bond acceptors (Lipinski definition) is 2. The first-order valence-electron chi connectivity index (χ1n) is 4.45. The summed E-state index contributed by atoms with van der Waals surface area (Å²) in [6.07, 6.45) is 2.59. The number of nitrogens with one attached hydrogen (secondary N) is 1. The van der Waals surface area contributed by atoms with Crippen LogP contribution in [0.15, 0.2) is 30.5 Å². The quantitative estimate of drug-likeness (QED) is 0.702. The van der Waals surface area contributed by atoms with Gasteiger partial charge in [-0.25, -0.2) is 4.98 Å². The molecule has 0 atom stereocenters. The first-order valence-corrected chi connectivity index (χ1v) is 4.45. The second kappa shape index (κ2) is 3.54. The Bertz CT molecular complexity index is 414. The van der Waals surface area contributed by atoms with Gasteiger partial charge in [-0.3, -0.25) is 0 Å². The van der Waals surface area contributed by atoms with Gasteiger partial charge < -0.3 is 10.7 Å². The Morgan fingerprint density at radius 1 is 1.29 bits per heavy atom. The maximum atomic E-state index is 5.59. The van der Waals surface area contributed by atoms with Crippen molar-refractivity contribution >= 4 is 5.69 Å². The second-order valence-electron chi connectivity index (χ2n) is 3.26. The highest BCUT2D eigenvalue weighted by atomic mass is 14.9. The zero-order valence-corrected chi connectivity index (χ0v) is 7.83. The lowest BCUT2D eigenvalue weighted by molar-refractivity contribution is 1.02. The number of benzene rings is 1. The summed E-state index contributed by atoms with van der Waals surface area (Å²) in [6.45, 7) is 3.73. The van der Waals surface area contributed by atoms with Gasteiger partial charge in [0.1, 0.15) is 5.82 Å². The molecule has 0 aliphatic heterocycles. The third-order valence-corrected chi connectivity index (χ3v) is 2.04. The number of nitrogens with two attached hydrogens (primary N) is 1. The average molecular weight is 186 g/mol. The fraction of sp³-hybridized carbons (Fsp3) is 0.0909. The first-order chi connectivity index (χ1) is 6.74. The van der Waals surface area contributed by atoms with Gasteiger partial charge in [0.2, 0.25) is 0 Å². The van der Waals surface area contributed by atoms with E-state index in [0.717, 1.165) is 23.6 Å². The van der Waals surface area contributed by atoms with Crippen LogP contribution in [0.1, 0.15) is 17.1 Å². The van der Waals surface area contributed by atoms with Crippen LogP contribution in [0.25, 0.3) is 0 Å². The third kappa shape index (κ3) is 1.93. The predicted octanol–water partition coefficient (Wildman–Crippen LogP) is 1.76. The molecule has 71 valence electrons. The molecule has 0 bridgehead atoms. The summed E-state index contributed by atoms with van der Waals surface area (Å²) < 4.78 is 0. The number of hydrogen-bond donors (Lipinski definition) is 2. The van der Waals surface area contributed by atoms with E-state index in [4.69, 9.17) is 5.73 Å². The van der Waals surface area contributed by atoms with Gasteiger partial charge in [-0.15, -0.1) is 0 Å². The standard InChI is InChI=1S/C11H12N3/c1-8-7-13-11(14-8)6-9-2-4-10(12)5-3-9/h2-5,7H,1,6,12H2,(H,13,14). The Hall–Kier alpha value is -1.77. The Balaban J connectivity index is 2.15. The Labute approximate surface area is 83.0 Å². The van der Waals surface area contributed by atoms with Crippen LogP contribution in [0.2, 0.25) is 0 Å². The maximum Gasteiger partial charge on any atom is 0.110 e. The zero-order chi connectivity index (χ0) is 9.97. The Morgan fingerprint density at radius 2 is 2.00 bits per heavy atom. The minimum atomic E-state index is 0.774. The molecule has 0 saturated carbocycles. The van der Waals surface area contributed by atoms with Crippen molar-refractivity contribution in [3.8, 4) is 0 Å². The van der Waals surface area contributed by atoms with Crippen LogP contribution in [-0.2, 0) is 6.42 Å². The van der Waals surface area contributed by atoms with Crippen molar-refractivity contribution in [1.29, 1.82) is 0 Å². The predicted molar refractivity (Wildman–Crippen MR) is 56.7 cm³/mol. The molecule has 1 heterocycles. The Morgan fingerprint density at radius 3 is 2.57 bits per heavy atom. The van der Waals surface area contributed by atoms with Crippen LogP contribution >= 0.6 is 0 Å². The average Bonchev–Trinajstić information content (AvgIpc) is 2.56. The van der Waals surface area contributed by atoms with E-state index in [9.17, 15) is 0 Å². The lowest BCUT2D eigenvalue weighted by Gasteiger charge is -1.98. The van der Waals surface area contributed by atoms with E-state index in [1.165, 1.54) is 5.56 Å². The molecule has 0 amide bonds. The summed E-state index contributed by atoms with van der Waals surface area (Å²) in [6, 6.07) is 7.79. The molecule has 3 N–H and O–H groups in total. The fourth-order valence-electron chi connectivity index (χ4n) is 1.32. The van der Waals surface area contributed by atoms with E-state index < -0.39 is 0 Å². The Kier molecular flexibility index (Phi) is 2.23. The monoisotopic (exact) mass is 186 g/mol. The molecule has 0 aliphatic rings. The lowest BCUT2D eigenvalue weighted by Crippen LogP contribution is -1.91. The molecule has 0 aliphatic carbocycles. The minimum absolute atomic E-state index is 0.774. The summed E-state index contributed by atoms with van der Waals surface area (Å²) >= 11 is 0. The molecule has 0 unspecified atom stereocenters. The summed E-state index contributed by atoms with van der Waals surface area (Å²) in [7, 11) is 0. The third-order valence-electron chi connectivity index (χ3n) is 2.04. The zero-order valence-electron chi connectivity index (χ0n) is 7.83. The molecular weight excluding hydrogens is 174 g/mol. The van der Waals surface area contributed by atoms with Gasteiger partial charge in [-0.05, 0) is 24.6 Å². The number of aromatic amines is 1. The van der Waals surface area contributed by atoms with Crippen molar-refractivity contribution in [2.75, 3.05) is 5.73 Å². The molecule has 1 aromatic heterocycles. The largest absolute Gasteiger partial charge is 0.399 e. The van der Waals surface area contributed by atoms with E-state index in [2.05, 4.69) is 16.9 Å². The normalized spacial score (nSPS) is 10.4. The van der Waals surface area contributed by atoms with E-state index in [-0.39, 0.29) is 0 Å².